The third-order valence-corrected chi connectivity index (χ3v) is 3.00. The first-order valence-electron chi connectivity index (χ1n) is 5.30. The molecule has 0 amide bonds. The standard InChI is InChI=1S/C12H16BrNO2/c1-2-5-11(14)12(15)16-8-9-6-3-4-7-10(9)13/h3-4,6-7,11H,2,5,8,14H2,1H3/t11-/m1/s1. The summed E-state index contributed by atoms with van der Waals surface area (Å²) < 4.78 is 6.07. The molecule has 0 fully saturated rings. The third-order valence-electron chi connectivity index (χ3n) is 2.23. The first-order valence-corrected chi connectivity index (χ1v) is 6.10. The average molecular weight is 286 g/mol. The molecule has 0 saturated heterocycles. The first kappa shape index (κ1) is 13.2. The van der Waals surface area contributed by atoms with Crippen molar-refractivity contribution in [1.82, 2.24) is 0 Å². The van der Waals surface area contributed by atoms with Crippen LogP contribution in [0.15, 0.2) is 28.7 Å². The van der Waals surface area contributed by atoms with Crippen molar-refractivity contribution in [2.24, 2.45) is 5.73 Å². The summed E-state index contributed by atoms with van der Waals surface area (Å²) in [4.78, 5) is 11.5. The zero-order valence-corrected chi connectivity index (χ0v) is 10.9. The fraction of sp³-hybridized carbons (Fsp3) is 0.417. The van der Waals surface area contributed by atoms with Crippen LogP contribution >= 0.6 is 15.9 Å². The highest BCUT2D eigenvalue weighted by atomic mass is 79.9. The Hall–Kier alpha value is -0.870. The molecule has 4 heteroatoms. The number of ether oxygens (including phenoxy) is 1. The molecular formula is C12H16BrNO2. The van der Waals surface area contributed by atoms with Crippen molar-refractivity contribution in [2.45, 2.75) is 32.4 Å². The third kappa shape index (κ3) is 3.94. The van der Waals surface area contributed by atoms with E-state index in [9.17, 15) is 4.79 Å². The highest BCUT2D eigenvalue weighted by molar-refractivity contribution is 9.10. The predicted molar refractivity (Wildman–Crippen MR) is 66.8 cm³/mol. The van der Waals surface area contributed by atoms with Gasteiger partial charge in [-0.25, -0.2) is 0 Å². The van der Waals surface area contributed by atoms with Gasteiger partial charge in [-0.1, -0.05) is 47.5 Å². The Morgan fingerprint density at radius 3 is 2.81 bits per heavy atom. The Morgan fingerprint density at radius 2 is 2.19 bits per heavy atom. The second kappa shape index (κ2) is 6.66. The molecule has 2 N–H and O–H groups in total. The smallest absolute Gasteiger partial charge is 0.323 e. The van der Waals surface area contributed by atoms with Crippen LogP contribution in [0.2, 0.25) is 0 Å². The molecule has 0 heterocycles. The van der Waals surface area contributed by atoms with Crippen molar-refractivity contribution in [3.63, 3.8) is 0 Å². The molecule has 1 aromatic carbocycles. The van der Waals surface area contributed by atoms with Crippen LogP contribution in [0.1, 0.15) is 25.3 Å². The quantitative estimate of drug-likeness (QED) is 0.846. The van der Waals surface area contributed by atoms with E-state index in [4.69, 9.17) is 10.5 Å². The lowest BCUT2D eigenvalue weighted by Crippen LogP contribution is -2.31. The number of esters is 1. The van der Waals surface area contributed by atoms with Gasteiger partial charge in [0, 0.05) is 10.0 Å². The Labute approximate surface area is 104 Å². The van der Waals surface area contributed by atoms with Gasteiger partial charge in [-0.15, -0.1) is 0 Å². The fourth-order valence-electron chi connectivity index (χ4n) is 1.30. The van der Waals surface area contributed by atoms with E-state index in [1.54, 1.807) is 0 Å². The van der Waals surface area contributed by atoms with Crippen molar-refractivity contribution in [1.29, 1.82) is 0 Å². The molecule has 0 spiro atoms. The molecule has 0 aliphatic heterocycles. The molecule has 1 aromatic rings. The summed E-state index contributed by atoms with van der Waals surface area (Å²) in [5.74, 6) is -0.336. The van der Waals surface area contributed by atoms with Crippen molar-refractivity contribution in [3.05, 3.63) is 34.3 Å². The van der Waals surface area contributed by atoms with Crippen molar-refractivity contribution >= 4 is 21.9 Å². The monoisotopic (exact) mass is 285 g/mol. The number of rotatable bonds is 5. The first-order chi connectivity index (χ1) is 7.65. The largest absolute Gasteiger partial charge is 0.460 e. The van der Waals surface area contributed by atoms with E-state index in [1.807, 2.05) is 31.2 Å². The molecule has 0 aromatic heterocycles. The summed E-state index contributed by atoms with van der Waals surface area (Å²) in [7, 11) is 0. The van der Waals surface area contributed by atoms with E-state index in [0.29, 0.717) is 6.42 Å². The summed E-state index contributed by atoms with van der Waals surface area (Å²) in [6.45, 7) is 2.25. The van der Waals surface area contributed by atoms with Crippen LogP contribution in [-0.4, -0.2) is 12.0 Å². The van der Waals surface area contributed by atoms with Crippen LogP contribution in [-0.2, 0) is 16.1 Å². The van der Waals surface area contributed by atoms with Gasteiger partial charge in [-0.3, -0.25) is 4.79 Å². The van der Waals surface area contributed by atoms with E-state index in [0.717, 1.165) is 16.5 Å². The summed E-state index contributed by atoms with van der Waals surface area (Å²) in [5, 5.41) is 0. The van der Waals surface area contributed by atoms with Gasteiger partial charge < -0.3 is 10.5 Å². The molecule has 0 saturated carbocycles. The number of halogens is 1. The van der Waals surface area contributed by atoms with Crippen LogP contribution in [0.25, 0.3) is 0 Å². The molecular weight excluding hydrogens is 270 g/mol. The summed E-state index contributed by atoms with van der Waals surface area (Å²) >= 11 is 3.39. The van der Waals surface area contributed by atoms with Crippen LogP contribution < -0.4 is 5.73 Å². The fourth-order valence-corrected chi connectivity index (χ4v) is 1.70. The second-order valence-electron chi connectivity index (χ2n) is 3.59. The lowest BCUT2D eigenvalue weighted by molar-refractivity contribution is -0.146. The average Bonchev–Trinajstić information content (AvgIpc) is 2.28. The minimum Gasteiger partial charge on any atom is -0.460 e. The number of hydrogen-bond acceptors (Lipinski definition) is 3. The zero-order chi connectivity index (χ0) is 12.0. The summed E-state index contributed by atoms with van der Waals surface area (Å²) in [6.07, 6.45) is 1.54. The van der Waals surface area contributed by atoms with E-state index in [2.05, 4.69) is 15.9 Å². The Morgan fingerprint density at radius 1 is 1.50 bits per heavy atom. The van der Waals surface area contributed by atoms with E-state index in [1.165, 1.54) is 0 Å². The van der Waals surface area contributed by atoms with Gasteiger partial charge in [0.05, 0.1) is 0 Å². The second-order valence-corrected chi connectivity index (χ2v) is 4.45. The predicted octanol–water partition coefficient (Wildman–Crippen LogP) is 2.62. The maximum Gasteiger partial charge on any atom is 0.323 e. The van der Waals surface area contributed by atoms with Crippen LogP contribution in [0.3, 0.4) is 0 Å². The van der Waals surface area contributed by atoms with Crippen molar-refractivity contribution in [3.8, 4) is 0 Å². The van der Waals surface area contributed by atoms with Crippen LogP contribution in [0.4, 0.5) is 0 Å². The number of benzene rings is 1. The molecule has 0 aliphatic carbocycles. The Kier molecular flexibility index (Phi) is 5.49. The Balaban J connectivity index is 2.46. The highest BCUT2D eigenvalue weighted by Gasteiger charge is 2.14. The van der Waals surface area contributed by atoms with Gasteiger partial charge in [0.2, 0.25) is 0 Å². The minimum atomic E-state index is -0.507. The molecule has 1 atom stereocenters. The molecule has 16 heavy (non-hydrogen) atoms. The lowest BCUT2D eigenvalue weighted by Gasteiger charge is -2.11. The number of nitrogens with two attached hydrogens (primary N) is 1. The zero-order valence-electron chi connectivity index (χ0n) is 9.28. The number of hydrogen-bond donors (Lipinski definition) is 1. The van der Waals surface area contributed by atoms with Crippen molar-refractivity contribution in [2.75, 3.05) is 0 Å². The molecule has 3 nitrogen and oxygen atoms in total. The maximum absolute atomic E-state index is 11.5. The van der Waals surface area contributed by atoms with E-state index < -0.39 is 6.04 Å². The van der Waals surface area contributed by atoms with Gasteiger partial charge in [-0.05, 0) is 12.5 Å². The maximum atomic E-state index is 11.5. The van der Waals surface area contributed by atoms with Gasteiger partial charge in [0.15, 0.2) is 0 Å². The van der Waals surface area contributed by atoms with Crippen LogP contribution in [0.5, 0.6) is 0 Å². The summed E-state index contributed by atoms with van der Waals surface area (Å²) in [6, 6.07) is 7.13. The van der Waals surface area contributed by atoms with Gasteiger partial charge >= 0.3 is 5.97 Å². The highest BCUT2D eigenvalue weighted by Crippen LogP contribution is 2.16. The molecule has 0 aliphatic rings. The molecule has 0 radical (unpaired) electrons. The normalized spacial score (nSPS) is 12.2. The molecule has 88 valence electrons. The van der Waals surface area contributed by atoms with Gasteiger partial charge in [0.1, 0.15) is 12.6 Å². The molecule has 0 bridgehead atoms. The SMILES string of the molecule is CCC[C@@H](N)C(=O)OCc1ccccc1Br. The molecule has 0 unspecified atom stereocenters. The number of carbonyl (C=O) groups is 1. The van der Waals surface area contributed by atoms with Gasteiger partial charge in [-0.2, -0.15) is 0 Å². The van der Waals surface area contributed by atoms with Crippen LogP contribution in [0, 0.1) is 0 Å². The van der Waals surface area contributed by atoms with E-state index in [-0.39, 0.29) is 12.6 Å². The van der Waals surface area contributed by atoms with E-state index >= 15 is 0 Å². The van der Waals surface area contributed by atoms with Gasteiger partial charge in [0.25, 0.3) is 0 Å². The summed E-state index contributed by atoms with van der Waals surface area (Å²) in [5.41, 5.74) is 6.59. The Bertz CT molecular complexity index is 355. The lowest BCUT2D eigenvalue weighted by atomic mass is 10.2. The van der Waals surface area contributed by atoms with Crippen molar-refractivity contribution < 1.29 is 9.53 Å². The topological polar surface area (TPSA) is 52.3 Å². The number of carbonyl (C=O) groups excluding carboxylic acids is 1. The molecule has 1 rings (SSSR count). The minimum absolute atomic E-state index is 0.262.